The molecule has 1 N–H and O–H groups in total. The number of aryl methyl sites for hydroxylation is 1. The molecular formula is C12H10Cl2N2O2. The Labute approximate surface area is 113 Å². The Morgan fingerprint density at radius 2 is 2.00 bits per heavy atom. The SMILES string of the molecule is Cc1cn(Cc2cc(Cl)ccc2Cl)c(=O)[nH]c1=O. The Balaban J connectivity index is 2.46. The molecule has 4 nitrogen and oxygen atoms in total. The van der Waals surface area contributed by atoms with E-state index in [1.807, 2.05) is 0 Å². The lowest BCUT2D eigenvalue weighted by Crippen LogP contribution is -2.31. The molecule has 6 heteroatoms. The molecule has 0 saturated heterocycles. The van der Waals surface area contributed by atoms with Gasteiger partial charge in [0.05, 0.1) is 6.54 Å². The first-order chi connectivity index (χ1) is 8.47. The van der Waals surface area contributed by atoms with Crippen LogP contribution in [0.2, 0.25) is 10.0 Å². The first-order valence-corrected chi connectivity index (χ1v) is 5.97. The van der Waals surface area contributed by atoms with Crippen LogP contribution in [0.4, 0.5) is 0 Å². The number of hydrogen-bond acceptors (Lipinski definition) is 2. The lowest BCUT2D eigenvalue weighted by atomic mass is 10.2. The fraction of sp³-hybridized carbons (Fsp3) is 0.167. The van der Waals surface area contributed by atoms with Crippen molar-refractivity contribution in [3.05, 3.63) is 66.4 Å². The van der Waals surface area contributed by atoms with Crippen molar-refractivity contribution in [2.75, 3.05) is 0 Å². The number of nitrogens with one attached hydrogen (secondary N) is 1. The molecule has 1 aromatic heterocycles. The molecule has 2 aromatic rings. The molecule has 0 atom stereocenters. The minimum Gasteiger partial charge on any atom is -0.296 e. The number of benzene rings is 1. The molecular weight excluding hydrogens is 275 g/mol. The van der Waals surface area contributed by atoms with Gasteiger partial charge in [-0.2, -0.15) is 0 Å². The highest BCUT2D eigenvalue weighted by Crippen LogP contribution is 2.20. The number of nitrogens with zero attached hydrogens (tertiary/aromatic N) is 1. The number of aromatic nitrogens is 2. The second-order valence-corrected chi connectivity index (χ2v) is 4.78. The lowest BCUT2D eigenvalue weighted by molar-refractivity contribution is 0.714. The summed E-state index contributed by atoms with van der Waals surface area (Å²) in [5.41, 5.74) is 0.334. The van der Waals surface area contributed by atoms with E-state index in [1.165, 1.54) is 10.8 Å². The maximum absolute atomic E-state index is 11.6. The van der Waals surface area contributed by atoms with E-state index < -0.39 is 5.69 Å². The minimum atomic E-state index is -0.471. The smallest absolute Gasteiger partial charge is 0.296 e. The fourth-order valence-corrected chi connectivity index (χ4v) is 1.96. The molecule has 1 heterocycles. The first-order valence-electron chi connectivity index (χ1n) is 5.21. The summed E-state index contributed by atoms with van der Waals surface area (Å²) in [6, 6.07) is 5.04. The van der Waals surface area contributed by atoms with Gasteiger partial charge in [0.2, 0.25) is 0 Å². The first kappa shape index (κ1) is 12.9. The number of aromatic amines is 1. The van der Waals surface area contributed by atoms with Crippen molar-refractivity contribution in [2.24, 2.45) is 0 Å². The van der Waals surface area contributed by atoms with E-state index in [2.05, 4.69) is 4.98 Å². The van der Waals surface area contributed by atoms with Crippen molar-refractivity contribution in [1.82, 2.24) is 9.55 Å². The highest BCUT2D eigenvalue weighted by Gasteiger charge is 2.05. The van der Waals surface area contributed by atoms with Gasteiger partial charge >= 0.3 is 5.69 Å². The Morgan fingerprint density at radius 1 is 1.28 bits per heavy atom. The Bertz CT molecular complexity index is 704. The highest BCUT2D eigenvalue weighted by molar-refractivity contribution is 6.33. The summed E-state index contributed by atoms with van der Waals surface area (Å²) in [5.74, 6) is 0. The average molecular weight is 285 g/mol. The zero-order valence-corrected chi connectivity index (χ0v) is 11.0. The normalized spacial score (nSPS) is 10.6. The van der Waals surface area contributed by atoms with Gasteiger partial charge in [-0.05, 0) is 30.7 Å². The van der Waals surface area contributed by atoms with Gasteiger partial charge in [-0.15, -0.1) is 0 Å². The van der Waals surface area contributed by atoms with E-state index >= 15 is 0 Å². The number of rotatable bonds is 2. The summed E-state index contributed by atoms with van der Waals surface area (Å²) in [6.07, 6.45) is 1.50. The molecule has 0 bridgehead atoms. The fourth-order valence-electron chi connectivity index (χ4n) is 1.58. The largest absolute Gasteiger partial charge is 0.328 e. The Kier molecular flexibility index (Phi) is 3.59. The number of halogens is 2. The third-order valence-corrected chi connectivity index (χ3v) is 3.14. The zero-order chi connectivity index (χ0) is 13.3. The summed E-state index contributed by atoms with van der Waals surface area (Å²) in [4.78, 5) is 25.1. The molecule has 0 radical (unpaired) electrons. The topological polar surface area (TPSA) is 54.9 Å². The van der Waals surface area contributed by atoms with Crippen molar-refractivity contribution in [1.29, 1.82) is 0 Å². The predicted molar refractivity (Wildman–Crippen MR) is 71.6 cm³/mol. The van der Waals surface area contributed by atoms with E-state index in [0.29, 0.717) is 15.6 Å². The van der Waals surface area contributed by atoms with E-state index in [0.717, 1.165) is 5.56 Å². The average Bonchev–Trinajstić information content (AvgIpc) is 2.30. The van der Waals surface area contributed by atoms with Crippen LogP contribution in [0.3, 0.4) is 0 Å². The van der Waals surface area contributed by atoms with E-state index in [1.54, 1.807) is 25.1 Å². The van der Waals surface area contributed by atoms with Gasteiger partial charge in [-0.25, -0.2) is 4.79 Å². The predicted octanol–water partition coefficient (Wildman–Crippen LogP) is 2.20. The second-order valence-electron chi connectivity index (χ2n) is 3.94. The van der Waals surface area contributed by atoms with Gasteiger partial charge in [0.1, 0.15) is 0 Å². The van der Waals surface area contributed by atoms with Gasteiger partial charge < -0.3 is 0 Å². The van der Waals surface area contributed by atoms with Crippen LogP contribution in [-0.2, 0) is 6.54 Å². The third-order valence-electron chi connectivity index (χ3n) is 2.54. The molecule has 0 aliphatic heterocycles. The molecule has 0 unspecified atom stereocenters. The number of hydrogen-bond donors (Lipinski definition) is 1. The summed E-state index contributed by atoms with van der Waals surface area (Å²) < 4.78 is 1.38. The van der Waals surface area contributed by atoms with E-state index in [-0.39, 0.29) is 12.1 Å². The molecule has 18 heavy (non-hydrogen) atoms. The van der Waals surface area contributed by atoms with Crippen LogP contribution in [0.25, 0.3) is 0 Å². The van der Waals surface area contributed by atoms with Gasteiger partial charge in [-0.3, -0.25) is 14.3 Å². The van der Waals surface area contributed by atoms with Crippen molar-refractivity contribution in [2.45, 2.75) is 13.5 Å². The van der Waals surface area contributed by atoms with Gasteiger partial charge in [0, 0.05) is 21.8 Å². The lowest BCUT2D eigenvalue weighted by Gasteiger charge is -2.08. The van der Waals surface area contributed by atoms with Crippen LogP contribution in [-0.4, -0.2) is 9.55 Å². The molecule has 94 valence electrons. The van der Waals surface area contributed by atoms with Crippen LogP contribution in [0.1, 0.15) is 11.1 Å². The van der Waals surface area contributed by atoms with E-state index in [9.17, 15) is 9.59 Å². The van der Waals surface area contributed by atoms with Crippen molar-refractivity contribution in [3.63, 3.8) is 0 Å². The molecule has 0 amide bonds. The van der Waals surface area contributed by atoms with Crippen molar-refractivity contribution in [3.8, 4) is 0 Å². The van der Waals surface area contributed by atoms with Crippen molar-refractivity contribution >= 4 is 23.2 Å². The summed E-state index contributed by atoms with van der Waals surface area (Å²) in [7, 11) is 0. The second kappa shape index (κ2) is 5.00. The molecule has 0 spiro atoms. The molecule has 2 rings (SSSR count). The van der Waals surface area contributed by atoms with Gasteiger partial charge in [0.25, 0.3) is 5.56 Å². The van der Waals surface area contributed by atoms with Gasteiger partial charge in [-0.1, -0.05) is 23.2 Å². The standard InChI is InChI=1S/C12H10Cl2N2O2/c1-7-5-16(12(18)15-11(7)17)6-8-4-9(13)2-3-10(8)14/h2-5H,6H2,1H3,(H,15,17,18). The Morgan fingerprint density at radius 3 is 2.72 bits per heavy atom. The monoisotopic (exact) mass is 284 g/mol. The molecule has 1 aromatic carbocycles. The van der Waals surface area contributed by atoms with Crippen LogP contribution >= 0.6 is 23.2 Å². The zero-order valence-electron chi connectivity index (χ0n) is 9.54. The van der Waals surface area contributed by atoms with Crippen LogP contribution < -0.4 is 11.2 Å². The maximum atomic E-state index is 11.6. The summed E-state index contributed by atoms with van der Waals surface area (Å²) >= 11 is 11.9. The highest BCUT2D eigenvalue weighted by atomic mass is 35.5. The van der Waals surface area contributed by atoms with Crippen LogP contribution in [0, 0.1) is 6.92 Å². The molecule has 0 saturated carbocycles. The summed E-state index contributed by atoms with van der Waals surface area (Å²) in [6.45, 7) is 1.89. The number of H-pyrrole nitrogens is 1. The van der Waals surface area contributed by atoms with E-state index in [4.69, 9.17) is 23.2 Å². The van der Waals surface area contributed by atoms with Crippen LogP contribution in [0.15, 0.2) is 34.0 Å². The summed E-state index contributed by atoms with van der Waals surface area (Å²) in [5, 5.41) is 1.07. The Hall–Kier alpha value is -1.52. The molecule has 0 fully saturated rings. The van der Waals surface area contributed by atoms with Crippen LogP contribution in [0.5, 0.6) is 0 Å². The minimum absolute atomic E-state index is 0.260. The van der Waals surface area contributed by atoms with Crippen molar-refractivity contribution < 1.29 is 0 Å². The third kappa shape index (κ3) is 2.66. The quantitative estimate of drug-likeness (QED) is 0.919. The molecule has 0 aliphatic rings. The molecule has 0 aliphatic carbocycles. The van der Waals surface area contributed by atoms with Gasteiger partial charge in [0.15, 0.2) is 0 Å². The maximum Gasteiger partial charge on any atom is 0.328 e.